The quantitative estimate of drug-likeness (QED) is 0.746. The van der Waals surface area contributed by atoms with Crippen LogP contribution in [0.5, 0.6) is 0 Å². The zero-order valence-corrected chi connectivity index (χ0v) is 14.8. The predicted octanol–water partition coefficient (Wildman–Crippen LogP) is 1.94. The average Bonchev–Trinajstić information content (AvgIpc) is 3.31. The van der Waals surface area contributed by atoms with Crippen molar-refractivity contribution < 1.29 is 13.6 Å². The molecule has 2 aliphatic rings. The summed E-state index contributed by atoms with van der Waals surface area (Å²) in [6.07, 6.45) is 0.659. The van der Waals surface area contributed by atoms with Crippen LogP contribution in [0.2, 0.25) is 0 Å². The number of hydrogen-bond donors (Lipinski definition) is 1. The van der Waals surface area contributed by atoms with Gasteiger partial charge in [-0.1, -0.05) is 0 Å². The number of pyridine rings is 1. The lowest BCUT2D eigenvalue weighted by atomic mass is 10.1. The van der Waals surface area contributed by atoms with E-state index < -0.39 is 6.43 Å². The van der Waals surface area contributed by atoms with Gasteiger partial charge in [-0.25, -0.2) is 28.1 Å². The van der Waals surface area contributed by atoms with Gasteiger partial charge in [0.1, 0.15) is 11.5 Å². The number of nitrogens with one attached hydrogen (secondary N) is 1. The minimum Gasteiger partial charge on any atom is -0.353 e. The number of fused-ring (bicyclic) bond motifs is 2. The highest BCUT2D eigenvalue weighted by molar-refractivity contribution is 5.77. The molecule has 1 N–H and O–H groups in total. The second kappa shape index (κ2) is 6.39. The molecule has 2 aliphatic heterocycles. The fourth-order valence-electron chi connectivity index (χ4n) is 3.76. The summed E-state index contributed by atoms with van der Waals surface area (Å²) in [4.78, 5) is 24.5. The number of amides is 2. The zero-order valence-electron chi connectivity index (χ0n) is 14.8. The van der Waals surface area contributed by atoms with E-state index in [9.17, 15) is 13.6 Å². The molecule has 0 saturated carbocycles. The van der Waals surface area contributed by atoms with Crippen LogP contribution >= 0.6 is 0 Å². The highest BCUT2D eigenvalue weighted by Crippen LogP contribution is 2.26. The molecule has 5 heterocycles. The standard InChI is InChI=1S/C18H17F2N7O/c19-17(20)13-1-2-15-22-9-14(27(15)24-13)11-3-4-21-16(7-11)25-5-6-26-12(10-25)8-23-18(26)28/h1-4,7,9,12,17H,5-6,8,10H2,(H,23,28). The predicted molar refractivity (Wildman–Crippen MR) is 97.3 cm³/mol. The van der Waals surface area contributed by atoms with Gasteiger partial charge in [-0.3, -0.25) is 0 Å². The molecule has 0 aromatic carbocycles. The van der Waals surface area contributed by atoms with Crippen LogP contribution in [0.4, 0.5) is 19.4 Å². The lowest BCUT2D eigenvalue weighted by Gasteiger charge is -2.37. The fourth-order valence-corrected chi connectivity index (χ4v) is 3.76. The lowest BCUT2D eigenvalue weighted by molar-refractivity contribution is 0.144. The molecule has 144 valence electrons. The van der Waals surface area contributed by atoms with E-state index in [0.29, 0.717) is 37.5 Å². The first-order chi connectivity index (χ1) is 13.6. The van der Waals surface area contributed by atoms with Crippen molar-refractivity contribution >= 4 is 17.5 Å². The summed E-state index contributed by atoms with van der Waals surface area (Å²) in [5.41, 5.74) is 1.62. The number of rotatable bonds is 3. The van der Waals surface area contributed by atoms with E-state index in [-0.39, 0.29) is 17.8 Å². The van der Waals surface area contributed by atoms with Crippen molar-refractivity contribution in [2.45, 2.75) is 12.5 Å². The first kappa shape index (κ1) is 16.8. The van der Waals surface area contributed by atoms with Crippen molar-refractivity contribution in [2.75, 3.05) is 31.1 Å². The number of carbonyl (C=O) groups is 1. The first-order valence-corrected chi connectivity index (χ1v) is 8.99. The summed E-state index contributed by atoms with van der Waals surface area (Å²) >= 11 is 0. The van der Waals surface area contributed by atoms with Crippen molar-refractivity contribution in [3.05, 3.63) is 42.4 Å². The van der Waals surface area contributed by atoms with Gasteiger partial charge < -0.3 is 15.1 Å². The van der Waals surface area contributed by atoms with E-state index in [1.165, 1.54) is 16.6 Å². The Morgan fingerprint density at radius 2 is 2.07 bits per heavy atom. The molecule has 0 spiro atoms. The molecule has 2 saturated heterocycles. The van der Waals surface area contributed by atoms with Crippen molar-refractivity contribution in [3.8, 4) is 11.3 Å². The number of anilines is 1. The molecule has 2 fully saturated rings. The van der Waals surface area contributed by atoms with Crippen LogP contribution in [0.1, 0.15) is 12.1 Å². The van der Waals surface area contributed by atoms with Crippen molar-refractivity contribution in [1.82, 2.24) is 29.8 Å². The molecule has 5 rings (SSSR count). The Labute approximate surface area is 158 Å². The van der Waals surface area contributed by atoms with Crippen LogP contribution in [-0.2, 0) is 0 Å². The molecule has 1 atom stereocenters. The number of carbonyl (C=O) groups excluding carboxylic acids is 1. The second-order valence-corrected chi connectivity index (χ2v) is 6.85. The highest BCUT2D eigenvalue weighted by atomic mass is 19.3. The zero-order chi connectivity index (χ0) is 19.3. The Kier molecular flexibility index (Phi) is 3.85. The molecule has 8 nitrogen and oxygen atoms in total. The van der Waals surface area contributed by atoms with Crippen LogP contribution in [0.3, 0.4) is 0 Å². The summed E-state index contributed by atoms with van der Waals surface area (Å²) in [6.45, 7) is 2.64. The van der Waals surface area contributed by atoms with E-state index in [0.717, 1.165) is 11.4 Å². The Balaban J connectivity index is 1.47. The van der Waals surface area contributed by atoms with Gasteiger partial charge in [-0.2, -0.15) is 5.10 Å². The Morgan fingerprint density at radius 1 is 1.18 bits per heavy atom. The van der Waals surface area contributed by atoms with Crippen molar-refractivity contribution in [2.24, 2.45) is 0 Å². The summed E-state index contributed by atoms with van der Waals surface area (Å²) in [5.74, 6) is 0.775. The van der Waals surface area contributed by atoms with E-state index in [1.807, 2.05) is 11.0 Å². The molecule has 0 aliphatic carbocycles. The molecule has 10 heteroatoms. The molecule has 0 radical (unpaired) electrons. The Bertz CT molecular complexity index is 1050. The van der Waals surface area contributed by atoms with Crippen molar-refractivity contribution in [3.63, 3.8) is 0 Å². The minimum atomic E-state index is -2.65. The van der Waals surface area contributed by atoms with Crippen molar-refractivity contribution in [1.29, 1.82) is 0 Å². The minimum absolute atomic E-state index is 0.0157. The normalized spacial score (nSPS) is 19.4. The van der Waals surface area contributed by atoms with Gasteiger partial charge in [0, 0.05) is 37.9 Å². The van der Waals surface area contributed by atoms with Gasteiger partial charge >= 0.3 is 6.03 Å². The topological polar surface area (TPSA) is 78.7 Å². The van der Waals surface area contributed by atoms with Gasteiger partial charge in [-0.05, 0) is 24.3 Å². The number of piperazine rings is 1. The number of nitrogens with zero attached hydrogens (tertiary/aromatic N) is 6. The van der Waals surface area contributed by atoms with E-state index in [2.05, 4.69) is 25.3 Å². The summed E-state index contributed by atoms with van der Waals surface area (Å²) in [6, 6.07) is 6.63. The summed E-state index contributed by atoms with van der Waals surface area (Å²) < 4.78 is 27.5. The van der Waals surface area contributed by atoms with Gasteiger partial charge in [0.15, 0.2) is 5.65 Å². The number of imidazole rings is 1. The summed E-state index contributed by atoms with van der Waals surface area (Å²) in [7, 11) is 0. The first-order valence-electron chi connectivity index (χ1n) is 8.99. The van der Waals surface area contributed by atoms with Gasteiger partial charge in [0.05, 0.1) is 17.9 Å². The molecule has 1 unspecified atom stereocenters. The van der Waals surface area contributed by atoms with E-state index in [1.54, 1.807) is 18.5 Å². The van der Waals surface area contributed by atoms with E-state index >= 15 is 0 Å². The number of aromatic nitrogens is 4. The third-order valence-corrected chi connectivity index (χ3v) is 5.20. The largest absolute Gasteiger partial charge is 0.353 e. The molecular weight excluding hydrogens is 368 g/mol. The van der Waals surface area contributed by atoms with Crippen LogP contribution in [0, 0.1) is 0 Å². The van der Waals surface area contributed by atoms with Crippen LogP contribution in [0.25, 0.3) is 16.9 Å². The molecular formula is C18H17F2N7O. The molecule has 0 bridgehead atoms. The molecule has 3 aromatic heterocycles. The monoisotopic (exact) mass is 385 g/mol. The second-order valence-electron chi connectivity index (χ2n) is 6.85. The third kappa shape index (κ3) is 2.72. The fraction of sp³-hybridized carbons (Fsp3) is 0.333. The van der Waals surface area contributed by atoms with E-state index in [4.69, 9.17) is 0 Å². The maximum atomic E-state index is 13.0. The lowest BCUT2D eigenvalue weighted by Crippen LogP contribution is -2.52. The number of urea groups is 1. The SMILES string of the molecule is O=C1NCC2CN(c3cc(-c4cnc5ccc(C(F)F)nn45)ccn3)CCN12. The van der Waals surface area contributed by atoms with Crippen LogP contribution in [0.15, 0.2) is 36.7 Å². The summed E-state index contributed by atoms with van der Waals surface area (Å²) in [5, 5.41) is 6.88. The number of hydrogen-bond acceptors (Lipinski definition) is 5. The molecule has 28 heavy (non-hydrogen) atoms. The van der Waals surface area contributed by atoms with Gasteiger partial charge in [0.25, 0.3) is 6.43 Å². The van der Waals surface area contributed by atoms with Gasteiger partial charge in [0.2, 0.25) is 0 Å². The average molecular weight is 385 g/mol. The number of halogens is 2. The smallest absolute Gasteiger partial charge is 0.317 e. The maximum absolute atomic E-state index is 13.0. The molecule has 2 amide bonds. The maximum Gasteiger partial charge on any atom is 0.317 e. The van der Waals surface area contributed by atoms with Crippen LogP contribution in [-0.4, -0.2) is 62.7 Å². The molecule has 3 aromatic rings. The Hall–Kier alpha value is -3.30. The number of alkyl halides is 2. The van der Waals surface area contributed by atoms with Crippen LogP contribution < -0.4 is 10.2 Å². The van der Waals surface area contributed by atoms with Gasteiger partial charge in [-0.15, -0.1) is 0 Å². The highest BCUT2D eigenvalue weighted by Gasteiger charge is 2.35. The third-order valence-electron chi connectivity index (χ3n) is 5.20. The Morgan fingerprint density at radius 3 is 2.93 bits per heavy atom.